The van der Waals surface area contributed by atoms with Gasteiger partial charge in [-0.2, -0.15) is 10.2 Å². The molecule has 4 nitrogen and oxygen atoms in total. The van der Waals surface area contributed by atoms with Gasteiger partial charge in [-0.05, 0) is 13.5 Å². The molecular weight excluding hydrogens is 142 g/mol. The average Bonchev–Trinajstić information content (AvgIpc) is 2.66. The van der Waals surface area contributed by atoms with Crippen molar-refractivity contribution in [2.24, 2.45) is 16.0 Å². The molecule has 1 aliphatic heterocycles. The number of nitrogens with two attached hydrogens (primary N) is 1. The third kappa shape index (κ3) is 2.76. The lowest BCUT2D eigenvalue weighted by molar-refractivity contribution is -0.119. The predicted octanol–water partition coefficient (Wildman–Crippen LogP) is 0.867. The van der Waals surface area contributed by atoms with Crippen LogP contribution in [0.2, 0.25) is 0 Å². The van der Waals surface area contributed by atoms with E-state index >= 15 is 0 Å². The molecule has 0 amide bonds. The van der Waals surface area contributed by atoms with Gasteiger partial charge < -0.3 is 5.73 Å². The molecule has 1 heterocycles. The van der Waals surface area contributed by atoms with Gasteiger partial charge in [-0.3, -0.25) is 4.79 Å². The Morgan fingerprint density at radius 1 is 1.45 bits per heavy atom. The minimum atomic E-state index is -0.232. The van der Waals surface area contributed by atoms with Gasteiger partial charge in [0.1, 0.15) is 5.78 Å². The van der Waals surface area contributed by atoms with Crippen molar-refractivity contribution in [3.05, 3.63) is 0 Å². The van der Waals surface area contributed by atoms with E-state index in [1.54, 1.807) is 0 Å². The van der Waals surface area contributed by atoms with Gasteiger partial charge in [-0.1, -0.05) is 0 Å². The van der Waals surface area contributed by atoms with Gasteiger partial charge in [0.2, 0.25) is 0 Å². The molecule has 0 saturated heterocycles. The maximum absolute atomic E-state index is 11.0. The Labute approximate surface area is 65.9 Å². The second-order valence-corrected chi connectivity index (χ2v) is 2.99. The molecule has 0 aromatic heterocycles. The van der Waals surface area contributed by atoms with Crippen LogP contribution < -0.4 is 5.73 Å². The predicted molar refractivity (Wildman–Crippen MR) is 41.2 cm³/mol. The first-order chi connectivity index (χ1) is 5.16. The first-order valence-corrected chi connectivity index (χ1v) is 3.82. The summed E-state index contributed by atoms with van der Waals surface area (Å²) in [6, 6.07) is 0. The summed E-state index contributed by atoms with van der Waals surface area (Å²) in [4.78, 5) is 11.0. The van der Waals surface area contributed by atoms with Gasteiger partial charge in [0, 0.05) is 19.3 Å². The zero-order valence-electron chi connectivity index (χ0n) is 6.71. The van der Waals surface area contributed by atoms with E-state index < -0.39 is 0 Å². The first-order valence-electron chi connectivity index (χ1n) is 3.82. The highest BCUT2D eigenvalue weighted by atomic mass is 16.1. The minimum absolute atomic E-state index is 0.214. The van der Waals surface area contributed by atoms with Gasteiger partial charge in [-0.15, -0.1) is 0 Å². The van der Waals surface area contributed by atoms with Crippen LogP contribution in [-0.2, 0) is 4.79 Å². The third-order valence-corrected chi connectivity index (χ3v) is 1.74. The Bertz CT molecular complexity index is 182. The Balaban J connectivity index is 2.07. The van der Waals surface area contributed by atoms with E-state index in [0.29, 0.717) is 19.4 Å². The van der Waals surface area contributed by atoms with Crippen molar-refractivity contribution in [3.63, 3.8) is 0 Å². The van der Waals surface area contributed by atoms with Crippen molar-refractivity contribution in [3.8, 4) is 0 Å². The molecule has 0 aromatic rings. The summed E-state index contributed by atoms with van der Waals surface area (Å²) in [5.41, 5.74) is 4.98. The lowest BCUT2D eigenvalue weighted by Gasteiger charge is -2.01. The standard InChI is InChI=1S/C7H13N3O/c1-7(9-10-7)4-2-6(11)3-5-8/h2-5,8H2,1H3. The van der Waals surface area contributed by atoms with Crippen LogP contribution in [0.3, 0.4) is 0 Å². The molecule has 62 valence electrons. The van der Waals surface area contributed by atoms with Crippen LogP contribution in [0.5, 0.6) is 0 Å². The zero-order valence-corrected chi connectivity index (χ0v) is 6.71. The third-order valence-electron chi connectivity index (χ3n) is 1.74. The molecule has 1 rings (SSSR count). The smallest absolute Gasteiger partial charge is 0.188 e. The average molecular weight is 155 g/mol. The highest BCUT2D eigenvalue weighted by Crippen LogP contribution is 2.31. The van der Waals surface area contributed by atoms with Crippen molar-refractivity contribution < 1.29 is 4.79 Å². The molecule has 0 bridgehead atoms. The molecule has 2 N–H and O–H groups in total. The molecule has 0 spiro atoms. The summed E-state index contributed by atoms with van der Waals surface area (Å²) in [6.07, 6.45) is 1.78. The fourth-order valence-electron chi connectivity index (χ4n) is 0.848. The maximum atomic E-state index is 11.0. The quantitative estimate of drug-likeness (QED) is 0.640. The molecule has 11 heavy (non-hydrogen) atoms. The largest absolute Gasteiger partial charge is 0.330 e. The second-order valence-electron chi connectivity index (χ2n) is 2.99. The van der Waals surface area contributed by atoms with Crippen molar-refractivity contribution in [2.75, 3.05) is 6.54 Å². The van der Waals surface area contributed by atoms with Crippen LogP contribution >= 0.6 is 0 Å². The number of Topliss-reactive ketones (excluding diaryl/α,β-unsaturated/α-hetero) is 1. The van der Waals surface area contributed by atoms with E-state index in [1.807, 2.05) is 6.92 Å². The van der Waals surface area contributed by atoms with Crippen LogP contribution in [-0.4, -0.2) is 18.0 Å². The second kappa shape index (κ2) is 3.09. The van der Waals surface area contributed by atoms with E-state index in [1.165, 1.54) is 0 Å². The summed E-state index contributed by atoms with van der Waals surface area (Å²) in [7, 11) is 0. The molecule has 4 heteroatoms. The SMILES string of the molecule is CC1(CCC(=O)CCN)N=N1. The molecular formula is C7H13N3O. The molecule has 0 saturated carbocycles. The minimum Gasteiger partial charge on any atom is -0.330 e. The van der Waals surface area contributed by atoms with E-state index in [2.05, 4.69) is 10.2 Å². The van der Waals surface area contributed by atoms with Crippen LogP contribution in [0.15, 0.2) is 10.2 Å². The lowest BCUT2D eigenvalue weighted by Crippen LogP contribution is -2.11. The number of hydrogen-bond donors (Lipinski definition) is 1. The molecule has 1 aliphatic rings. The number of rotatable bonds is 5. The van der Waals surface area contributed by atoms with Crippen LogP contribution in [0.4, 0.5) is 0 Å². The van der Waals surface area contributed by atoms with Crippen LogP contribution in [0.25, 0.3) is 0 Å². The van der Waals surface area contributed by atoms with Gasteiger partial charge in [0.05, 0.1) is 0 Å². The molecule has 0 aromatic carbocycles. The van der Waals surface area contributed by atoms with Crippen LogP contribution in [0, 0.1) is 0 Å². The summed E-state index contributed by atoms with van der Waals surface area (Å²) in [5.74, 6) is 0.214. The number of carbonyl (C=O) groups is 1. The summed E-state index contributed by atoms with van der Waals surface area (Å²) in [5, 5.41) is 7.62. The van der Waals surface area contributed by atoms with Gasteiger partial charge in [0.25, 0.3) is 0 Å². The molecule has 0 atom stereocenters. The van der Waals surface area contributed by atoms with Gasteiger partial charge in [-0.25, -0.2) is 0 Å². The monoisotopic (exact) mass is 155 g/mol. The Morgan fingerprint density at radius 3 is 2.55 bits per heavy atom. The molecule has 0 unspecified atom stereocenters. The number of nitrogens with zero attached hydrogens (tertiary/aromatic N) is 2. The number of carbonyl (C=O) groups excluding carboxylic acids is 1. The topological polar surface area (TPSA) is 67.8 Å². The maximum Gasteiger partial charge on any atom is 0.188 e. The first kappa shape index (κ1) is 8.33. The molecule has 0 aliphatic carbocycles. The summed E-state index contributed by atoms with van der Waals surface area (Å²) >= 11 is 0. The van der Waals surface area contributed by atoms with E-state index in [4.69, 9.17) is 5.73 Å². The fraction of sp³-hybridized carbons (Fsp3) is 0.857. The van der Waals surface area contributed by atoms with Gasteiger partial charge >= 0.3 is 0 Å². The highest BCUT2D eigenvalue weighted by molar-refractivity contribution is 5.78. The molecule has 0 fully saturated rings. The van der Waals surface area contributed by atoms with E-state index in [-0.39, 0.29) is 11.4 Å². The van der Waals surface area contributed by atoms with E-state index in [9.17, 15) is 4.79 Å². The van der Waals surface area contributed by atoms with Crippen molar-refractivity contribution in [2.45, 2.75) is 31.8 Å². The fourth-order valence-corrected chi connectivity index (χ4v) is 0.848. The Morgan fingerprint density at radius 2 is 2.09 bits per heavy atom. The van der Waals surface area contributed by atoms with Crippen molar-refractivity contribution in [1.82, 2.24) is 0 Å². The normalized spacial score (nSPS) is 18.4. The number of hydrogen-bond acceptors (Lipinski definition) is 4. The van der Waals surface area contributed by atoms with E-state index in [0.717, 1.165) is 6.42 Å². The van der Waals surface area contributed by atoms with Crippen molar-refractivity contribution >= 4 is 5.78 Å². The van der Waals surface area contributed by atoms with Crippen molar-refractivity contribution in [1.29, 1.82) is 0 Å². The lowest BCUT2D eigenvalue weighted by atomic mass is 10.1. The Kier molecular flexibility index (Phi) is 2.34. The summed E-state index contributed by atoms with van der Waals surface area (Å²) in [6.45, 7) is 2.37. The van der Waals surface area contributed by atoms with Crippen LogP contribution in [0.1, 0.15) is 26.2 Å². The van der Waals surface area contributed by atoms with Gasteiger partial charge in [0.15, 0.2) is 5.66 Å². The zero-order chi connectivity index (χ0) is 8.32. The number of ketones is 1. The Hall–Kier alpha value is -0.770. The molecule has 0 radical (unpaired) electrons. The highest BCUT2D eigenvalue weighted by Gasteiger charge is 2.33. The summed E-state index contributed by atoms with van der Waals surface area (Å²) < 4.78 is 0.